The Kier molecular flexibility index (Phi) is 5.67. The number of unbranched alkanes of at least 4 members (excludes halogenated alkanes) is 4. The Balaban J connectivity index is 1.96. The van der Waals surface area contributed by atoms with Crippen LogP contribution in [0.25, 0.3) is 0 Å². The molecule has 0 unspecified atom stereocenters. The van der Waals surface area contributed by atoms with E-state index >= 15 is 0 Å². The molecule has 1 aliphatic heterocycles. The fraction of sp³-hybridized carbons (Fsp3) is 0.562. The maximum Gasteiger partial charge on any atom is 0.166 e. The normalized spacial score (nSPS) is 13.2. The van der Waals surface area contributed by atoms with Gasteiger partial charge in [0.15, 0.2) is 5.78 Å². The molecule has 0 radical (unpaired) electrons. The third-order valence-corrected chi connectivity index (χ3v) is 4.18. The monoisotopic (exact) mass is 372 g/mol. The van der Waals surface area contributed by atoms with Crippen LogP contribution in [0.2, 0.25) is 0 Å². The maximum absolute atomic E-state index is 12.3. The third kappa shape index (κ3) is 3.94. The van der Waals surface area contributed by atoms with E-state index in [1.54, 1.807) is 0 Å². The average Bonchev–Trinajstić information content (AvgIpc) is 2.85. The van der Waals surface area contributed by atoms with Gasteiger partial charge in [-0.2, -0.15) is 0 Å². The van der Waals surface area contributed by atoms with Gasteiger partial charge in [0.25, 0.3) is 0 Å². The Bertz CT molecular complexity index is 454. The van der Waals surface area contributed by atoms with Gasteiger partial charge in [-0.25, -0.2) is 0 Å². The highest BCUT2D eigenvalue weighted by Crippen LogP contribution is 2.32. The van der Waals surface area contributed by atoms with Crippen molar-refractivity contribution < 1.29 is 9.53 Å². The van der Waals surface area contributed by atoms with Crippen LogP contribution in [0.4, 0.5) is 0 Å². The van der Waals surface area contributed by atoms with Crippen LogP contribution in [0.3, 0.4) is 0 Å². The Morgan fingerprint density at radius 3 is 2.84 bits per heavy atom. The SMILES string of the molecule is CCCCCCCC(=O)c1cc(I)cc2c1OCC2. The van der Waals surface area contributed by atoms with Crippen molar-refractivity contribution in [2.24, 2.45) is 0 Å². The van der Waals surface area contributed by atoms with E-state index in [0.29, 0.717) is 13.0 Å². The summed E-state index contributed by atoms with van der Waals surface area (Å²) >= 11 is 2.28. The van der Waals surface area contributed by atoms with Gasteiger partial charge >= 0.3 is 0 Å². The molecule has 0 bridgehead atoms. The van der Waals surface area contributed by atoms with Gasteiger partial charge in [0.05, 0.1) is 12.2 Å². The zero-order chi connectivity index (χ0) is 13.7. The molecule has 3 heteroatoms. The second kappa shape index (κ2) is 7.27. The first kappa shape index (κ1) is 14.8. The summed E-state index contributed by atoms with van der Waals surface area (Å²) in [6, 6.07) is 4.10. The lowest BCUT2D eigenvalue weighted by Gasteiger charge is -2.08. The Labute approximate surface area is 129 Å². The van der Waals surface area contributed by atoms with Crippen LogP contribution in [0.1, 0.15) is 61.4 Å². The number of halogens is 1. The van der Waals surface area contributed by atoms with Crippen molar-refractivity contribution in [2.45, 2.75) is 51.9 Å². The minimum Gasteiger partial charge on any atom is -0.492 e. The van der Waals surface area contributed by atoms with E-state index in [2.05, 4.69) is 35.6 Å². The zero-order valence-corrected chi connectivity index (χ0v) is 13.7. The molecule has 1 heterocycles. The largest absolute Gasteiger partial charge is 0.492 e. The summed E-state index contributed by atoms with van der Waals surface area (Å²) < 4.78 is 6.76. The summed E-state index contributed by atoms with van der Waals surface area (Å²) in [4.78, 5) is 12.3. The highest BCUT2D eigenvalue weighted by atomic mass is 127. The van der Waals surface area contributed by atoms with Gasteiger partial charge in [-0.1, -0.05) is 32.6 Å². The molecule has 0 aliphatic carbocycles. The van der Waals surface area contributed by atoms with Gasteiger partial charge < -0.3 is 4.74 Å². The summed E-state index contributed by atoms with van der Waals surface area (Å²) in [5.41, 5.74) is 2.00. The van der Waals surface area contributed by atoms with Gasteiger partial charge in [-0.3, -0.25) is 4.79 Å². The number of carbonyl (C=O) groups is 1. The first-order chi connectivity index (χ1) is 9.22. The van der Waals surface area contributed by atoms with Gasteiger partial charge in [-0.05, 0) is 46.7 Å². The number of Topliss-reactive ketones (excluding diaryl/α,β-unsaturated/α-hetero) is 1. The van der Waals surface area contributed by atoms with E-state index in [4.69, 9.17) is 4.74 Å². The summed E-state index contributed by atoms with van der Waals surface area (Å²) in [7, 11) is 0. The first-order valence-electron chi connectivity index (χ1n) is 7.20. The van der Waals surface area contributed by atoms with Crippen molar-refractivity contribution >= 4 is 28.4 Å². The molecule has 0 spiro atoms. The molecule has 0 aromatic heterocycles. The van der Waals surface area contributed by atoms with Crippen molar-refractivity contribution in [3.8, 4) is 5.75 Å². The second-order valence-corrected chi connectivity index (χ2v) is 6.37. The van der Waals surface area contributed by atoms with E-state index in [9.17, 15) is 4.79 Å². The lowest BCUT2D eigenvalue weighted by molar-refractivity contribution is 0.0976. The second-order valence-electron chi connectivity index (χ2n) is 5.13. The quantitative estimate of drug-likeness (QED) is 0.392. The first-order valence-corrected chi connectivity index (χ1v) is 8.28. The number of hydrogen-bond donors (Lipinski definition) is 0. The Morgan fingerprint density at radius 1 is 1.26 bits per heavy atom. The number of ketones is 1. The van der Waals surface area contributed by atoms with Crippen molar-refractivity contribution in [3.63, 3.8) is 0 Å². The smallest absolute Gasteiger partial charge is 0.166 e. The fourth-order valence-corrected chi connectivity index (χ4v) is 3.19. The molecule has 0 saturated carbocycles. The van der Waals surface area contributed by atoms with Gasteiger partial charge in [0.2, 0.25) is 0 Å². The lowest BCUT2D eigenvalue weighted by atomic mass is 10.0. The molecule has 1 aromatic rings. The van der Waals surface area contributed by atoms with Crippen LogP contribution in [0.15, 0.2) is 12.1 Å². The number of ether oxygens (including phenoxy) is 1. The fourth-order valence-electron chi connectivity index (χ4n) is 2.50. The molecule has 1 aromatic carbocycles. The summed E-state index contributed by atoms with van der Waals surface area (Å²) in [5.74, 6) is 1.09. The summed E-state index contributed by atoms with van der Waals surface area (Å²) in [6.45, 7) is 2.92. The van der Waals surface area contributed by atoms with Gasteiger partial charge in [-0.15, -0.1) is 0 Å². The van der Waals surface area contributed by atoms with Crippen LogP contribution in [0, 0.1) is 3.57 Å². The molecule has 0 saturated heterocycles. The molecule has 0 fully saturated rings. The molecular formula is C16H21IO2. The number of hydrogen-bond acceptors (Lipinski definition) is 2. The van der Waals surface area contributed by atoms with Crippen LogP contribution in [0.5, 0.6) is 5.75 Å². The number of rotatable bonds is 7. The van der Waals surface area contributed by atoms with Gasteiger partial charge in [0.1, 0.15) is 5.75 Å². The molecule has 2 rings (SSSR count). The zero-order valence-electron chi connectivity index (χ0n) is 11.5. The average molecular weight is 372 g/mol. The van der Waals surface area contributed by atoms with E-state index in [1.807, 2.05) is 6.07 Å². The topological polar surface area (TPSA) is 26.3 Å². The predicted octanol–water partition coefficient (Wildman–Crippen LogP) is 4.77. The van der Waals surface area contributed by atoms with Crippen molar-refractivity contribution in [1.29, 1.82) is 0 Å². The van der Waals surface area contributed by atoms with Crippen LogP contribution < -0.4 is 4.74 Å². The Hall–Kier alpha value is -0.580. The summed E-state index contributed by atoms with van der Waals surface area (Å²) in [6.07, 6.45) is 7.50. The maximum atomic E-state index is 12.3. The number of benzene rings is 1. The number of fused-ring (bicyclic) bond motifs is 1. The minimum absolute atomic E-state index is 0.244. The standard InChI is InChI=1S/C16H21IO2/c1-2-3-4-5-6-7-15(18)14-11-13(17)10-12-8-9-19-16(12)14/h10-11H,2-9H2,1H3. The van der Waals surface area contributed by atoms with Crippen LogP contribution in [-0.4, -0.2) is 12.4 Å². The third-order valence-electron chi connectivity index (χ3n) is 3.56. The van der Waals surface area contributed by atoms with E-state index in [1.165, 1.54) is 24.8 Å². The van der Waals surface area contributed by atoms with E-state index in [-0.39, 0.29) is 5.78 Å². The molecule has 0 amide bonds. The molecule has 2 nitrogen and oxygen atoms in total. The van der Waals surface area contributed by atoms with Crippen molar-refractivity contribution in [2.75, 3.05) is 6.61 Å². The minimum atomic E-state index is 0.244. The highest BCUT2D eigenvalue weighted by Gasteiger charge is 2.21. The molecule has 0 atom stereocenters. The summed E-state index contributed by atoms with van der Waals surface area (Å²) in [5, 5.41) is 0. The van der Waals surface area contributed by atoms with Gasteiger partial charge in [0, 0.05) is 16.4 Å². The van der Waals surface area contributed by atoms with Crippen LogP contribution >= 0.6 is 22.6 Å². The van der Waals surface area contributed by atoms with Crippen molar-refractivity contribution in [3.05, 3.63) is 26.8 Å². The molecule has 104 valence electrons. The molecule has 1 aliphatic rings. The van der Waals surface area contributed by atoms with Crippen LogP contribution in [-0.2, 0) is 6.42 Å². The molecule has 0 N–H and O–H groups in total. The van der Waals surface area contributed by atoms with E-state index in [0.717, 1.165) is 34.1 Å². The lowest BCUT2D eigenvalue weighted by Crippen LogP contribution is -2.02. The Morgan fingerprint density at radius 2 is 2.05 bits per heavy atom. The van der Waals surface area contributed by atoms with Crippen molar-refractivity contribution in [1.82, 2.24) is 0 Å². The highest BCUT2D eigenvalue weighted by molar-refractivity contribution is 14.1. The molecule has 19 heavy (non-hydrogen) atoms. The predicted molar refractivity (Wildman–Crippen MR) is 86.1 cm³/mol. The molecular weight excluding hydrogens is 351 g/mol. The number of carbonyl (C=O) groups excluding carboxylic acids is 1. The van der Waals surface area contributed by atoms with E-state index < -0.39 is 0 Å².